The largest absolute Gasteiger partial charge is 0.415 e. The van der Waals surface area contributed by atoms with Crippen molar-refractivity contribution >= 4 is 34.9 Å². The van der Waals surface area contributed by atoms with Gasteiger partial charge in [0.1, 0.15) is 5.75 Å². The van der Waals surface area contributed by atoms with E-state index in [0.717, 1.165) is 12.8 Å². The molecule has 2 heterocycles. The van der Waals surface area contributed by atoms with Gasteiger partial charge in [-0.3, -0.25) is 14.9 Å². The van der Waals surface area contributed by atoms with Crippen molar-refractivity contribution in [3.63, 3.8) is 0 Å². The number of ether oxygens (including phenoxy) is 1. The number of aromatic nitrogens is 2. The highest BCUT2D eigenvalue weighted by Crippen LogP contribution is 2.29. The first kappa shape index (κ1) is 30.7. The lowest BCUT2D eigenvalue weighted by molar-refractivity contribution is -0.126. The van der Waals surface area contributed by atoms with Gasteiger partial charge in [0.05, 0.1) is 17.1 Å². The Bertz CT molecular complexity index is 1480. The van der Waals surface area contributed by atoms with Crippen LogP contribution in [-0.2, 0) is 11.3 Å². The number of carbonyl (C=O) groups is 3. The van der Waals surface area contributed by atoms with Crippen molar-refractivity contribution in [2.75, 3.05) is 18.9 Å². The van der Waals surface area contributed by atoms with E-state index < -0.39 is 18.4 Å². The number of benzene rings is 2. The second kappa shape index (κ2) is 12.3. The Hall–Kier alpha value is -4.28. The number of nitrogens with zero attached hydrogens (tertiary/aromatic N) is 4. The normalized spacial score (nSPS) is 16.0. The number of likely N-dealkylation sites (tertiary alicyclic amines) is 1. The second-order valence-electron chi connectivity index (χ2n) is 11.6. The van der Waals surface area contributed by atoms with Crippen molar-refractivity contribution < 1.29 is 27.9 Å². The molecule has 1 N–H and O–H groups in total. The third-order valence-electron chi connectivity index (χ3n) is 7.93. The summed E-state index contributed by atoms with van der Waals surface area (Å²) >= 11 is 0. The molecule has 2 aromatic carbocycles. The summed E-state index contributed by atoms with van der Waals surface area (Å²) in [7, 11) is 1.69. The van der Waals surface area contributed by atoms with E-state index in [1.807, 2.05) is 27.7 Å². The van der Waals surface area contributed by atoms with Gasteiger partial charge in [-0.05, 0) is 55.5 Å². The lowest BCUT2D eigenvalue weighted by Crippen LogP contribution is -2.44. The molecule has 1 unspecified atom stereocenters. The Morgan fingerprint density at radius 1 is 1.19 bits per heavy atom. The number of anilines is 1. The first-order chi connectivity index (χ1) is 19.8. The highest BCUT2D eigenvalue weighted by Gasteiger charge is 2.30. The first-order valence-electron chi connectivity index (χ1n) is 13.9. The van der Waals surface area contributed by atoms with E-state index in [4.69, 9.17) is 4.74 Å². The van der Waals surface area contributed by atoms with Crippen LogP contribution in [0.2, 0.25) is 0 Å². The highest BCUT2D eigenvalue weighted by molar-refractivity contribution is 6.04. The summed E-state index contributed by atoms with van der Waals surface area (Å²) in [4.78, 5) is 46.3. The summed E-state index contributed by atoms with van der Waals surface area (Å²) in [5.74, 6) is -0.195. The zero-order valence-electron chi connectivity index (χ0n) is 24.6. The summed E-state index contributed by atoms with van der Waals surface area (Å²) in [5.41, 5.74) is 0.983. The molecule has 2 atom stereocenters. The number of hydrogen-bond acceptors (Lipinski definition) is 5. The fourth-order valence-electron chi connectivity index (χ4n) is 4.96. The van der Waals surface area contributed by atoms with E-state index in [1.165, 1.54) is 30.3 Å². The molecule has 1 aliphatic heterocycles. The average molecular weight is 582 g/mol. The van der Waals surface area contributed by atoms with Crippen LogP contribution in [0.3, 0.4) is 0 Å². The molecule has 4 rings (SSSR count). The molecular formula is C31H37F2N5O4. The smallest absolute Gasteiger partial charge is 0.410 e. The standard InChI is InChI=1S/C31H37F2N5O4/c1-7-26(39)37-16-8-9-22(37)18-38-25-15-14-23(42-30(41)36(6)19(2)31(3,4)5)17-24(25)34-29(38)35-28(40)21-12-10-20(11-13-21)27(32)33/h7,10-15,17,19,22,27H,1,8-9,16,18H2,2-6H3,(H,34,35,40)/t19-,22?/m0/s1. The minimum atomic E-state index is -2.64. The van der Waals surface area contributed by atoms with Gasteiger partial charge in [0.2, 0.25) is 11.9 Å². The molecule has 0 aliphatic carbocycles. The molecule has 1 aromatic heterocycles. The Kier molecular flexibility index (Phi) is 8.98. The molecule has 224 valence electrons. The van der Waals surface area contributed by atoms with Crippen LogP contribution in [0.1, 0.15) is 62.9 Å². The quantitative estimate of drug-likeness (QED) is 0.317. The fourth-order valence-corrected chi connectivity index (χ4v) is 4.96. The topological polar surface area (TPSA) is 96.8 Å². The van der Waals surface area contributed by atoms with Crippen molar-refractivity contribution in [3.8, 4) is 5.75 Å². The van der Waals surface area contributed by atoms with Crippen LogP contribution in [0.5, 0.6) is 5.75 Å². The predicted molar refractivity (Wildman–Crippen MR) is 157 cm³/mol. The number of amides is 3. The average Bonchev–Trinajstić information content (AvgIpc) is 3.55. The molecule has 0 saturated carbocycles. The Morgan fingerprint density at radius 3 is 2.50 bits per heavy atom. The summed E-state index contributed by atoms with van der Waals surface area (Å²) in [6, 6.07) is 9.86. The minimum absolute atomic E-state index is 0.0860. The maximum atomic E-state index is 13.1. The molecule has 1 fully saturated rings. The van der Waals surface area contributed by atoms with Crippen LogP contribution in [0.15, 0.2) is 55.1 Å². The lowest BCUT2D eigenvalue weighted by atomic mass is 9.87. The fraction of sp³-hybridized carbons (Fsp3) is 0.419. The van der Waals surface area contributed by atoms with Crippen LogP contribution in [0.4, 0.5) is 19.5 Å². The van der Waals surface area contributed by atoms with E-state index >= 15 is 0 Å². The molecule has 0 radical (unpaired) electrons. The molecular weight excluding hydrogens is 544 g/mol. The van der Waals surface area contributed by atoms with Gasteiger partial charge >= 0.3 is 6.09 Å². The van der Waals surface area contributed by atoms with E-state index in [9.17, 15) is 23.2 Å². The SMILES string of the molecule is C=CC(=O)N1CCCC1Cn1c(NC(=O)c2ccc(C(F)F)cc2)nc2cc(OC(=O)N(C)[C@@H](C)C(C)(C)C)ccc21. The Labute approximate surface area is 244 Å². The number of carbonyl (C=O) groups excluding carboxylic acids is 3. The van der Waals surface area contributed by atoms with Gasteiger partial charge in [-0.25, -0.2) is 18.6 Å². The van der Waals surface area contributed by atoms with E-state index in [2.05, 4.69) is 16.9 Å². The molecule has 0 bridgehead atoms. The summed E-state index contributed by atoms with van der Waals surface area (Å²) in [6.07, 6.45) is -0.278. The molecule has 1 aliphatic rings. The number of rotatable bonds is 8. The van der Waals surface area contributed by atoms with E-state index in [0.29, 0.717) is 24.1 Å². The molecule has 0 spiro atoms. The molecule has 11 heteroatoms. The minimum Gasteiger partial charge on any atom is -0.410 e. The van der Waals surface area contributed by atoms with Crippen LogP contribution in [-0.4, -0.2) is 62.9 Å². The first-order valence-corrected chi connectivity index (χ1v) is 13.9. The molecule has 3 amide bonds. The summed E-state index contributed by atoms with van der Waals surface area (Å²) in [5, 5.41) is 2.79. The number of imidazole rings is 1. The lowest BCUT2D eigenvalue weighted by Gasteiger charge is -2.34. The van der Waals surface area contributed by atoms with Gasteiger partial charge < -0.3 is 19.1 Å². The maximum Gasteiger partial charge on any atom is 0.415 e. The van der Waals surface area contributed by atoms with E-state index in [-0.39, 0.29) is 46.2 Å². The van der Waals surface area contributed by atoms with Gasteiger partial charge in [0, 0.05) is 43.4 Å². The van der Waals surface area contributed by atoms with Crippen molar-refractivity contribution in [2.45, 2.75) is 65.6 Å². The number of hydrogen-bond donors (Lipinski definition) is 1. The zero-order valence-corrected chi connectivity index (χ0v) is 24.6. The Balaban J connectivity index is 1.65. The van der Waals surface area contributed by atoms with Gasteiger partial charge in [0.25, 0.3) is 12.3 Å². The van der Waals surface area contributed by atoms with Crippen molar-refractivity contribution in [2.24, 2.45) is 5.41 Å². The van der Waals surface area contributed by atoms with Crippen LogP contribution in [0, 0.1) is 5.41 Å². The monoisotopic (exact) mass is 581 g/mol. The second-order valence-corrected chi connectivity index (χ2v) is 11.6. The van der Waals surface area contributed by atoms with Crippen LogP contribution < -0.4 is 10.1 Å². The van der Waals surface area contributed by atoms with Crippen LogP contribution >= 0.6 is 0 Å². The van der Waals surface area contributed by atoms with Crippen molar-refractivity contribution in [1.29, 1.82) is 0 Å². The van der Waals surface area contributed by atoms with Crippen LogP contribution in [0.25, 0.3) is 11.0 Å². The summed E-state index contributed by atoms with van der Waals surface area (Å²) < 4.78 is 33.4. The van der Waals surface area contributed by atoms with Gasteiger partial charge in [0.15, 0.2) is 0 Å². The van der Waals surface area contributed by atoms with Crippen molar-refractivity contribution in [1.82, 2.24) is 19.4 Å². The number of nitrogens with one attached hydrogen (secondary N) is 1. The number of alkyl halides is 2. The number of fused-ring (bicyclic) bond motifs is 1. The Morgan fingerprint density at radius 2 is 1.88 bits per heavy atom. The third kappa shape index (κ3) is 6.61. The maximum absolute atomic E-state index is 13.1. The summed E-state index contributed by atoms with van der Waals surface area (Å²) in [6.45, 7) is 12.6. The van der Waals surface area contributed by atoms with E-state index in [1.54, 1.807) is 39.6 Å². The zero-order chi connectivity index (χ0) is 30.8. The highest BCUT2D eigenvalue weighted by atomic mass is 19.3. The van der Waals surface area contributed by atoms with Crippen molar-refractivity contribution in [3.05, 3.63) is 66.2 Å². The molecule has 42 heavy (non-hydrogen) atoms. The van der Waals surface area contributed by atoms with Gasteiger partial charge in [-0.1, -0.05) is 39.5 Å². The molecule has 3 aromatic rings. The van der Waals surface area contributed by atoms with Gasteiger partial charge in [-0.2, -0.15) is 0 Å². The van der Waals surface area contributed by atoms with Gasteiger partial charge in [-0.15, -0.1) is 0 Å². The third-order valence-corrected chi connectivity index (χ3v) is 7.93. The molecule has 1 saturated heterocycles. The molecule has 9 nitrogen and oxygen atoms in total. The predicted octanol–water partition coefficient (Wildman–Crippen LogP) is 6.27. The number of halogens is 2.